The Hall–Kier alpha value is -1.71. The van der Waals surface area contributed by atoms with Crippen molar-refractivity contribution in [1.82, 2.24) is 15.5 Å². The summed E-state index contributed by atoms with van der Waals surface area (Å²) in [6.07, 6.45) is 7.44. The van der Waals surface area contributed by atoms with Gasteiger partial charge in [-0.15, -0.1) is 24.0 Å². The summed E-state index contributed by atoms with van der Waals surface area (Å²) >= 11 is 0. The molecule has 180 valence electrons. The molecule has 8 heteroatoms. The van der Waals surface area contributed by atoms with Crippen LogP contribution in [0.25, 0.3) is 0 Å². The SMILES string of the molecule is CCOc1cc(CCCNC(=NC)NC2CCN(C(=O)C3CCCC3)C2)ccc1OC.I. The van der Waals surface area contributed by atoms with E-state index in [9.17, 15) is 4.79 Å². The van der Waals surface area contributed by atoms with E-state index in [2.05, 4.69) is 27.8 Å². The van der Waals surface area contributed by atoms with E-state index in [1.165, 1.54) is 18.4 Å². The Morgan fingerprint density at radius 3 is 2.69 bits per heavy atom. The van der Waals surface area contributed by atoms with Crippen LogP contribution in [-0.4, -0.2) is 63.2 Å². The topological polar surface area (TPSA) is 75.2 Å². The first kappa shape index (κ1) is 26.5. The molecule has 1 aromatic carbocycles. The molecule has 0 spiro atoms. The van der Waals surface area contributed by atoms with Crippen LogP contribution in [0.4, 0.5) is 0 Å². The van der Waals surface area contributed by atoms with Gasteiger partial charge < -0.3 is 25.0 Å². The molecule has 1 aliphatic carbocycles. The Labute approximate surface area is 209 Å². The summed E-state index contributed by atoms with van der Waals surface area (Å²) in [4.78, 5) is 19.0. The average Bonchev–Trinajstić information content (AvgIpc) is 3.48. The molecule has 2 N–H and O–H groups in total. The highest BCUT2D eigenvalue weighted by molar-refractivity contribution is 14.0. The second-order valence-corrected chi connectivity index (χ2v) is 8.42. The number of amides is 1. The molecule has 1 aliphatic heterocycles. The Balaban J connectivity index is 0.00000363. The molecule has 1 saturated carbocycles. The molecule has 7 nitrogen and oxygen atoms in total. The number of aryl methyl sites for hydroxylation is 1. The fourth-order valence-corrected chi connectivity index (χ4v) is 4.54. The molecule has 2 fully saturated rings. The number of methoxy groups -OCH3 is 1. The molecule has 3 rings (SSSR count). The van der Waals surface area contributed by atoms with Crippen molar-refractivity contribution in [3.8, 4) is 11.5 Å². The van der Waals surface area contributed by atoms with Crippen molar-refractivity contribution in [3.63, 3.8) is 0 Å². The second kappa shape index (κ2) is 13.7. The number of nitrogens with zero attached hydrogens (tertiary/aromatic N) is 2. The van der Waals surface area contributed by atoms with Crippen LogP contribution in [0, 0.1) is 5.92 Å². The third-order valence-electron chi connectivity index (χ3n) is 6.23. The minimum atomic E-state index is 0. The van der Waals surface area contributed by atoms with Gasteiger partial charge in [-0.3, -0.25) is 9.79 Å². The first-order valence-electron chi connectivity index (χ1n) is 11.7. The van der Waals surface area contributed by atoms with Gasteiger partial charge in [0.1, 0.15) is 0 Å². The average molecular weight is 559 g/mol. The largest absolute Gasteiger partial charge is 0.493 e. The number of likely N-dealkylation sites (tertiary alicyclic amines) is 1. The molecule has 1 unspecified atom stereocenters. The second-order valence-electron chi connectivity index (χ2n) is 8.42. The predicted octanol–water partition coefficient (Wildman–Crippen LogP) is 3.60. The standard InChI is InChI=1S/C24H38N4O3.HI/c1-4-31-22-16-18(11-12-21(22)30-3)8-7-14-26-24(25-2)27-20-13-15-28(17-20)23(29)19-9-5-6-10-19;/h11-12,16,19-20H,4-10,13-15,17H2,1-3H3,(H2,25,26,27);1H. The number of hydrogen-bond acceptors (Lipinski definition) is 4. The lowest BCUT2D eigenvalue weighted by Crippen LogP contribution is -2.45. The van der Waals surface area contributed by atoms with E-state index >= 15 is 0 Å². The molecule has 0 aromatic heterocycles. The van der Waals surface area contributed by atoms with E-state index in [-0.39, 0.29) is 35.9 Å². The summed E-state index contributed by atoms with van der Waals surface area (Å²) in [6.45, 7) is 5.05. The van der Waals surface area contributed by atoms with E-state index < -0.39 is 0 Å². The third-order valence-corrected chi connectivity index (χ3v) is 6.23. The Morgan fingerprint density at radius 1 is 1.22 bits per heavy atom. The van der Waals surface area contributed by atoms with Gasteiger partial charge in [0.2, 0.25) is 5.91 Å². The molecule has 1 aromatic rings. The number of guanidine groups is 1. The van der Waals surface area contributed by atoms with Crippen LogP contribution in [0.15, 0.2) is 23.2 Å². The lowest BCUT2D eigenvalue weighted by Gasteiger charge is -2.21. The molecule has 1 amide bonds. The van der Waals surface area contributed by atoms with Gasteiger partial charge in [0, 0.05) is 38.6 Å². The van der Waals surface area contributed by atoms with Crippen molar-refractivity contribution in [3.05, 3.63) is 23.8 Å². The Bertz CT molecular complexity index is 753. The zero-order chi connectivity index (χ0) is 22.1. The van der Waals surface area contributed by atoms with Gasteiger partial charge in [-0.1, -0.05) is 18.9 Å². The zero-order valence-electron chi connectivity index (χ0n) is 19.7. The quantitative estimate of drug-likeness (QED) is 0.210. The lowest BCUT2D eigenvalue weighted by atomic mass is 10.1. The van der Waals surface area contributed by atoms with E-state index in [0.29, 0.717) is 12.5 Å². The number of aliphatic imine (C=N–C) groups is 1. The molecular formula is C24H39IN4O3. The van der Waals surface area contributed by atoms with Crippen LogP contribution < -0.4 is 20.1 Å². The number of benzene rings is 1. The van der Waals surface area contributed by atoms with Crippen molar-refractivity contribution in [1.29, 1.82) is 0 Å². The van der Waals surface area contributed by atoms with Crippen LogP contribution in [-0.2, 0) is 11.2 Å². The van der Waals surface area contributed by atoms with Gasteiger partial charge in [0.25, 0.3) is 0 Å². The van der Waals surface area contributed by atoms with Crippen LogP contribution in [0.2, 0.25) is 0 Å². The molecular weight excluding hydrogens is 519 g/mol. The number of halogens is 1. The number of hydrogen-bond donors (Lipinski definition) is 2. The minimum Gasteiger partial charge on any atom is -0.493 e. The molecule has 0 radical (unpaired) electrons. The smallest absolute Gasteiger partial charge is 0.225 e. The fourth-order valence-electron chi connectivity index (χ4n) is 4.54. The minimum absolute atomic E-state index is 0. The van der Waals surface area contributed by atoms with Gasteiger partial charge in [-0.25, -0.2) is 0 Å². The predicted molar refractivity (Wildman–Crippen MR) is 139 cm³/mol. The molecule has 32 heavy (non-hydrogen) atoms. The van der Waals surface area contributed by atoms with E-state index in [1.807, 2.05) is 17.9 Å². The molecule has 2 aliphatic rings. The van der Waals surface area contributed by atoms with Crippen molar-refractivity contribution in [2.75, 3.05) is 40.4 Å². The summed E-state index contributed by atoms with van der Waals surface area (Å²) in [5.41, 5.74) is 1.23. The highest BCUT2D eigenvalue weighted by Crippen LogP contribution is 2.29. The Kier molecular flexibility index (Phi) is 11.4. The maximum Gasteiger partial charge on any atom is 0.225 e. The number of carbonyl (C=O) groups excluding carboxylic acids is 1. The maximum atomic E-state index is 12.6. The molecule has 0 bridgehead atoms. The van der Waals surface area contributed by atoms with Gasteiger partial charge in [-0.05, 0) is 56.7 Å². The number of ether oxygens (including phenoxy) is 2. The van der Waals surface area contributed by atoms with E-state index in [4.69, 9.17) is 9.47 Å². The Morgan fingerprint density at radius 2 is 2.00 bits per heavy atom. The van der Waals surface area contributed by atoms with E-state index in [0.717, 1.165) is 69.2 Å². The molecule has 1 heterocycles. The van der Waals surface area contributed by atoms with Crippen molar-refractivity contribution >= 4 is 35.8 Å². The number of rotatable bonds is 9. The van der Waals surface area contributed by atoms with Crippen LogP contribution in [0.5, 0.6) is 11.5 Å². The van der Waals surface area contributed by atoms with Crippen molar-refractivity contribution in [2.45, 2.75) is 57.9 Å². The highest BCUT2D eigenvalue weighted by atomic mass is 127. The first-order chi connectivity index (χ1) is 15.1. The summed E-state index contributed by atoms with van der Waals surface area (Å²) in [5.74, 6) is 2.99. The monoisotopic (exact) mass is 558 g/mol. The lowest BCUT2D eigenvalue weighted by molar-refractivity contribution is -0.134. The fraction of sp³-hybridized carbons (Fsp3) is 0.667. The summed E-state index contributed by atoms with van der Waals surface area (Å²) < 4.78 is 11.0. The van der Waals surface area contributed by atoms with Gasteiger partial charge >= 0.3 is 0 Å². The maximum absolute atomic E-state index is 12.6. The van der Waals surface area contributed by atoms with Gasteiger partial charge in [-0.2, -0.15) is 0 Å². The van der Waals surface area contributed by atoms with Crippen molar-refractivity contribution < 1.29 is 14.3 Å². The van der Waals surface area contributed by atoms with Gasteiger partial charge in [0.15, 0.2) is 17.5 Å². The number of nitrogens with one attached hydrogen (secondary N) is 2. The first-order valence-corrected chi connectivity index (χ1v) is 11.7. The summed E-state index contributed by atoms with van der Waals surface area (Å²) in [7, 11) is 3.46. The van der Waals surface area contributed by atoms with Crippen molar-refractivity contribution in [2.24, 2.45) is 10.9 Å². The van der Waals surface area contributed by atoms with Crippen LogP contribution in [0.1, 0.15) is 51.0 Å². The zero-order valence-corrected chi connectivity index (χ0v) is 22.0. The highest BCUT2D eigenvalue weighted by Gasteiger charge is 2.32. The van der Waals surface area contributed by atoms with Crippen LogP contribution >= 0.6 is 24.0 Å². The summed E-state index contributed by atoms with van der Waals surface area (Å²) in [6, 6.07) is 6.38. The normalized spacial score (nSPS) is 18.9. The van der Waals surface area contributed by atoms with E-state index in [1.54, 1.807) is 14.2 Å². The molecule has 1 saturated heterocycles. The van der Waals surface area contributed by atoms with Gasteiger partial charge in [0.05, 0.1) is 13.7 Å². The third kappa shape index (κ3) is 7.42. The van der Waals surface area contributed by atoms with Crippen LogP contribution in [0.3, 0.4) is 0 Å². The summed E-state index contributed by atoms with van der Waals surface area (Å²) in [5, 5.41) is 6.90. The number of carbonyl (C=O) groups is 1. The molecule has 1 atom stereocenters.